The zero-order chi connectivity index (χ0) is 24.4. The topological polar surface area (TPSA) is 84.2 Å². The molecule has 2 aromatic rings. The fourth-order valence-corrected chi connectivity index (χ4v) is 4.08. The van der Waals surface area contributed by atoms with Crippen LogP contribution < -0.4 is 18.9 Å². The van der Waals surface area contributed by atoms with Crippen LogP contribution in [-0.4, -0.2) is 51.8 Å². The van der Waals surface area contributed by atoms with Crippen LogP contribution in [0.4, 0.5) is 0 Å². The van der Waals surface area contributed by atoms with Crippen molar-refractivity contribution in [3.05, 3.63) is 47.5 Å². The van der Waals surface area contributed by atoms with Crippen molar-refractivity contribution in [2.45, 2.75) is 38.5 Å². The summed E-state index contributed by atoms with van der Waals surface area (Å²) in [6, 6.07) is 14.0. The molecule has 0 saturated heterocycles. The average Bonchev–Trinajstić information content (AvgIpc) is 2.84. The summed E-state index contributed by atoms with van der Waals surface area (Å²) < 4.78 is 21.4. The van der Waals surface area contributed by atoms with Crippen LogP contribution in [0, 0.1) is 17.2 Å². The summed E-state index contributed by atoms with van der Waals surface area (Å²) >= 11 is 0. The summed E-state index contributed by atoms with van der Waals surface area (Å²) in [5.74, 6) is 2.67. The van der Waals surface area contributed by atoms with Gasteiger partial charge in [0, 0.05) is 13.1 Å². The van der Waals surface area contributed by atoms with E-state index >= 15 is 0 Å². The SMILES string of the molecule is COc1ccc(CCN(O)CCCC(C#N)(c2ccc(OC)c(OC)c2)C(C)C)cc1OC. The number of hydrogen-bond donors (Lipinski definition) is 1. The minimum atomic E-state index is -0.691. The van der Waals surface area contributed by atoms with Gasteiger partial charge in [0.05, 0.1) is 39.9 Å². The lowest BCUT2D eigenvalue weighted by atomic mass is 9.69. The van der Waals surface area contributed by atoms with Crippen LogP contribution in [0.15, 0.2) is 36.4 Å². The number of hydroxylamine groups is 2. The molecule has 0 fully saturated rings. The van der Waals surface area contributed by atoms with Crippen molar-refractivity contribution in [3.63, 3.8) is 0 Å². The molecule has 0 amide bonds. The van der Waals surface area contributed by atoms with Crippen molar-refractivity contribution in [2.24, 2.45) is 5.92 Å². The summed E-state index contributed by atoms with van der Waals surface area (Å²) in [6.45, 7) is 5.05. The minimum absolute atomic E-state index is 0.0829. The van der Waals surface area contributed by atoms with E-state index in [1.807, 2.05) is 50.2 Å². The van der Waals surface area contributed by atoms with Gasteiger partial charge < -0.3 is 24.2 Å². The number of benzene rings is 2. The monoisotopic (exact) mass is 456 g/mol. The Balaban J connectivity index is 2.02. The third kappa shape index (κ3) is 6.31. The summed E-state index contributed by atoms with van der Waals surface area (Å²) in [6.07, 6.45) is 1.95. The standard InChI is InChI=1S/C26H36N2O5/c1-19(2)26(18-27,21-9-11-23(31-4)25(17-21)33-6)13-7-14-28(29)15-12-20-8-10-22(30-3)24(16-20)32-5/h8-11,16-17,19,29H,7,12-15H2,1-6H3. The van der Waals surface area contributed by atoms with E-state index in [4.69, 9.17) is 18.9 Å². The lowest BCUT2D eigenvalue weighted by Crippen LogP contribution is -2.32. The van der Waals surface area contributed by atoms with Gasteiger partial charge in [-0.2, -0.15) is 10.3 Å². The molecule has 0 saturated carbocycles. The van der Waals surface area contributed by atoms with E-state index in [2.05, 4.69) is 6.07 Å². The molecule has 0 spiro atoms. The second-order valence-electron chi connectivity index (χ2n) is 8.30. The maximum Gasteiger partial charge on any atom is 0.161 e. The maximum absolute atomic E-state index is 10.4. The summed E-state index contributed by atoms with van der Waals surface area (Å²) in [5, 5.41) is 21.9. The molecule has 0 bridgehead atoms. The predicted octanol–water partition coefficient (Wildman–Crippen LogP) is 4.85. The normalized spacial score (nSPS) is 12.8. The first-order valence-electron chi connectivity index (χ1n) is 11.1. The Labute approximate surface area is 197 Å². The summed E-state index contributed by atoms with van der Waals surface area (Å²) in [4.78, 5) is 0. The van der Waals surface area contributed by atoms with Crippen molar-refractivity contribution >= 4 is 0 Å². The molecule has 1 N–H and O–H groups in total. The second-order valence-corrected chi connectivity index (χ2v) is 8.30. The summed E-state index contributed by atoms with van der Waals surface area (Å²) in [7, 11) is 6.39. The zero-order valence-corrected chi connectivity index (χ0v) is 20.6. The zero-order valence-electron chi connectivity index (χ0n) is 20.6. The number of ether oxygens (including phenoxy) is 4. The van der Waals surface area contributed by atoms with Gasteiger partial charge >= 0.3 is 0 Å². The minimum Gasteiger partial charge on any atom is -0.493 e. The van der Waals surface area contributed by atoms with E-state index in [9.17, 15) is 10.5 Å². The van der Waals surface area contributed by atoms with Crippen LogP contribution in [0.1, 0.15) is 37.8 Å². The number of nitriles is 1. The fraction of sp³-hybridized carbons (Fsp3) is 0.500. The third-order valence-electron chi connectivity index (χ3n) is 6.18. The quantitative estimate of drug-likeness (QED) is 0.431. The Morgan fingerprint density at radius 2 is 1.45 bits per heavy atom. The van der Waals surface area contributed by atoms with Crippen LogP contribution in [0.2, 0.25) is 0 Å². The Kier molecular flexibility index (Phi) is 9.83. The first kappa shape index (κ1) is 26.3. The van der Waals surface area contributed by atoms with E-state index in [0.29, 0.717) is 55.4 Å². The van der Waals surface area contributed by atoms with Crippen molar-refractivity contribution in [2.75, 3.05) is 41.5 Å². The Morgan fingerprint density at radius 1 is 0.879 bits per heavy atom. The highest BCUT2D eigenvalue weighted by molar-refractivity contribution is 5.47. The highest BCUT2D eigenvalue weighted by Gasteiger charge is 2.36. The molecule has 180 valence electrons. The fourth-order valence-electron chi connectivity index (χ4n) is 4.08. The van der Waals surface area contributed by atoms with E-state index in [0.717, 1.165) is 11.1 Å². The first-order valence-corrected chi connectivity index (χ1v) is 11.1. The number of methoxy groups -OCH3 is 4. The van der Waals surface area contributed by atoms with Crippen molar-refractivity contribution in [1.82, 2.24) is 5.06 Å². The maximum atomic E-state index is 10.4. The van der Waals surface area contributed by atoms with E-state index in [1.54, 1.807) is 28.4 Å². The van der Waals surface area contributed by atoms with Crippen LogP contribution in [-0.2, 0) is 11.8 Å². The smallest absolute Gasteiger partial charge is 0.161 e. The molecule has 1 atom stereocenters. The molecule has 0 aromatic heterocycles. The molecule has 2 aromatic carbocycles. The van der Waals surface area contributed by atoms with Gasteiger partial charge in [0.1, 0.15) is 0 Å². The van der Waals surface area contributed by atoms with E-state index in [-0.39, 0.29) is 5.92 Å². The molecule has 0 aliphatic carbocycles. The van der Waals surface area contributed by atoms with Crippen molar-refractivity contribution < 1.29 is 24.2 Å². The van der Waals surface area contributed by atoms with Gasteiger partial charge in [0.15, 0.2) is 23.0 Å². The van der Waals surface area contributed by atoms with Crippen LogP contribution in [0.25, 0.3) is 0 Å². The number of nitrogens with zero attached hydrogens (tertiary/aromatic N) is 2. The van der Waals surface area contributed by atoms with Crippen molar-refractivity contribution in [3.8, 4) is 29.1 Å². The lowest BCUT2D eigenvalue weighted by Gasteiger charge is -2.32. The van der Waals surface area contributed by atoms with Gasteiger partial charge in [-0.25, -0.2) is 0 Å². The molecule has 7 nitrogen and oxygen atoms in total. The van der Waals surface area contributed by atoms with Gasteiger partial charge in [-0.15, -0.1) is 0 Å². The lowest BCUT2D eigenvalue weighted by molar-refractivity contribution is -0.0912. The largest absolute Gasteiger partial charge is 0.493 e. The molecule has 1 unspecified atom stereocenters. The van der Waals surface area contributed by atoms with Crippen molar-refractivity contribution in [1.29, 1.82) is 5.26 Å². The molecule has 33 heavy (non-hydrogen) atoms. The molecule has 2 rings (SSSR count). The Bertz CT molecular complexity index is 941. The van der Waals surface area contributed by atoms with Crippen LogP contribution in [0.5, 0.6) is 23.0 Å². The van der Waals surface area contributed by atoms with Crippen LogP contribution in [0.3, 0.4) is 0 Å². The molecule has 7 heteroatoms. The van der Waals surface area contributed by atoms with Gasteiger partial charge in [0.25, 0.3) is 0 Å². The second kappa shape index (κ2) is 12.3. The molecular weight excluding hydrogens is 420 g/mol. The molecule has 0 aliphatic rings. The van der Waals surface area contributed by atoms with Gasteiger partial charge in [0.2, 0.25) is 0 Å². The predicted molar refractivity (Wildman–Crippen MR) is 128 cm³/mol. The molecular formula is C26H36N2O5. The number of hydrogen-bond acceptors (Lipinski definition) is 7. The molecule has 0 radical (unpaired) electrons. The van der Waals surface area contributed by atoms with E-state index < -0.39 is 5.41 Å². The first-order chi connectivity index (χ1) is 15.8. The Hall–Kier alpha value is -2.95. The third-order valence-corrected chi connectivity index (χ3v) is 6.18. The van der Waals surface area contributed by atoms with Gasteiger partial charge in [-0.3, -0.25) is 0 Å². The van der Waals surface area contributed by atoms with Gasteiger partial charge in [-0.1, -0.05) is 26.0 Å². The molecule has 0 heterocycles. The highest BCUT2D eigenvalue weighted by atomic mass is 16.5. The van der Waals surface area contributed by atoms with Gasteiger partial charge in [-0.05, 0) is 60.6 Å². The van der Waals surface area contributed by atoms with E-state index in [1.165, 1.54) is 5.06 Å². The highest BCUT2D eigenvalue weighted by Crippen LogP contribution is 2.40. The van der Waals surface area contributed by atoms with Crippen LogP contribution >= 0.6 is 0 Å². The molecule has 0 aliphatic heterocycles. The Morgan fingerprint density at radius 3 is 2.00 bits per heavy atom. The average molecular weight is 457 g/mol. The summed E-state index contributed by atoms with van der Waals surface area (Å²) in [5.41, 5.74) is 1.25. The number of rotatable bonds is 13.